The average Bonchev–Trinajstić information content (AvgIpc) is 2.56. The molecule has 0 heterocycles. The second-order valence-electron chi connectivity index (χ2n) is 5.82. The Bertz CT molecular complexity index is 868. The van der Waals surface area contributed by atoms with Crippen molar-refractivity contribution in [3.05, 3.63) is 53.3 Å². The van der Waals surface area contributed by atoms with Crippen LogP contribution in [0.25, 0.3) is 0 Å². The summed E-state index contributed by atoms with van der Waals surface area (Å²) in [6.07, 6.45) is 0. The molecule has 1 unspecified atom stereocenters. The molecule has 1 atom stereocenters. The highest BCUT2D eigenvalue weighted by Crippen LogP contribution is 2.31. The molecular weight excluding hydrogens is 357 g/mol. The molecule has 142 valence electrons. The zero-order valence-electron chi connectivity index (χ0n) is 15.4. The van der Waals surface area contributed by atoms with Crippen LogP contribution in [0.2, 0.25) is 0 Å². The Morgan fingerprint density at radius 3 is 2.31 bits per heavy atom. The van der Waals surface area contributed by atoms with E-state index in [1.54, 1.807) is 32.0 Å². The maximum Gasteiger partial charge on any atom is 0.241 e. The van der Waals surface area contributed by atoms with Gasteiger partial charge in [-0.05, 0) is 69.2 Å². The van der Waals surface area contributed by atoms with Crippen LogP contribution in [0.5, 0.6) is 11.5 Å². The van der Waals surface area contributed by atoms with E-state index in [1.807, 2.05) is 13.8 Å². The molecule has 0 fully saturated rings. The van der Waals surface area contributed by atoms with Crippen molar-refractivity contribution in [1.82, 2.24) is 4.72 Å². The van der Waals surface area contributed by atoms with Gasteiger partial charge in [-0.1, -0.05) is 6.07 Å². The molecular formula is C19H24FNO4S. The van der Waals surface area contributed by atoms with Gasteiger partial charge in [0.05, 0.1) is 18.1 Å². The van der Waals surface area contributed by atoms with Crippen molar-refractivity contribution in [3.63, 3.8) is 0 Å². The van der Waals surface area contributed by atoms with E-state index in [4.69, 9.17) is 9.47 Å². The summed E-state index contributed by atoms with van der Waals surface area (Å²) in [5.74, 6) is 0.709. The molecule has 2 rings (SSSR count). The Labute approximate surface area is 154 Å². The van der Waals surface area contributed by atoms with Crippen molar-refractivity contribution in [2.45, 2.75) is 38.6 Å². The highest BCUT2D eigenvalue weighted by Gasteiger charge is 2.21. The van der Waals surface area contributed by atoms with Crippen molar-refractivity contribution >= 4 is 10.0 Å². The minimum absolute atomic E-state index is 0.0571. The lowest BCUT2D eigenvalue weighted by atomic mass is 10.1. The van der Waals surface area contributed by atoms with Crippen LogP contribution in [-0.4, -0.2) is 21.6 Å². The average molecular weight is 381 g/mol. The number of rotatable bonds is 8. The minimum Gasteiger partial charge on any atom is -0.490 e. The van der Waals surface area contributed by atoms with Crippen molar-refractivity contribution < 1.29 is 22.3 Å². The number of sulfonamides is 1. The second-order valence-corrected chi connectivity index (χ2v) is 7.51. The quantitative estimate of drug-likeness (QED) is 0.751. The molecule has 0 saturated carbocycles. The zero-order chi connectivity index (χ0) is 19.3. The number of benzene rings is 2. The molecule has 0 aliphatic carbocycles. The smallest absolute Gasteiger partial charge is 0.241 e. The Balaban J connectivity index is 2.28. The van der Waals surface area contributed by atoms with Crippen LogP contribution >= 0.6 is 0 Å². The molecule has 0 amide bonds. The van der Waals surface area contributed by atoms with E-state index in [9.17, 15) is 12.8 Å². The van der Waals surface area contributed by atoms with E-state index in [0.29, 0.717) is 30.3 Å². The number of nitrogens with one attached hydrogen (secondary N) is 1. The van der Waals surface area contributed by atoms with Gasteiger partial charge in [0.2, 0.25) is 10.0 Å². The van der Waals surface area contributed by atoms with E-state index in [2.05, 4.69) is 4.72 Å². The summed E-state index contributed by atoms with van der Waals surface area (Å²) < 4.78 is 52.2. The van der Waals surface area contributed by atoms with E-state index < -0.39 is 21.9 Å². The molecule has 2 aromatic carbocycles. The molecule has 5 nitrogen and oxygen atoms in total. The topological polar surface area (TPSA) is 64.6 Å². The second kappa shape index (κ2) is 8.51. The minimum atomic E-state index is -3.79. The molecule has 0 bridgehead atoms. The molecule has 26 heavy (non-hydrogen) atoms. The fourth-order valence-corrected chi connectivity index (χ4v) is 4.07. The van der Waals surface area contributed by atoms with Crippen molar-refractivity contribution in [2.75, 3.05) is 13.2 Å². The van der Waals surface area contributed by atoms with Gasteiger partial charge in [0.15, 0.2) is 11.5 Å². The summed E-state index contributed by atoms with van der Waals surface area (Å²) in [5, 5.41) is 0. The summed E-state index contributed by atoms with van der Waals surface area (Å²) in [7, 11) is -3.79. The number of ether oxygens (including phenoxy) is 2. The first-order valence-electron chi connectivity index (χ1n) is 8.46. The van der Waals surface area contributed by atoms with Crippen molar-refractivity contribution in [2.24, 2.45) is 0 Å². The van der Waals surface area contributed by atoms with Gasteiger partial charge in [-0.3, -0.25) is 0 Å². The Kier molecular flexibility index (Phi) is 6.61. The summed E-state index contributed by atoms with van der Waals surface area (Å²) in [6, 6.07) is 8.41. The van der Waals surface area contributed by atoms with Crippen LogP contribution in [0.4, 0.5) is 4.39 Å². The van der Waals surface area contributed by atoms with Gasteiger partial charge in [-0.15, -0.1) is 0 Å². The van der Waals surface area contributed by atoms with Crippen LogP contribution in [0, 0.1) is 12.7 Å². The lowest BCUT2D eigenvalue weighted by Gasteiger charge is -2.18. The molecule has 1 N–H and O–H groups in total. The predicted molar refractivity (Wildman–Crippen MR) is 98.7 cm³/mol. The van der Waals surface area contributed by atoms with Crippen LogP contribution in [0.3, 0.4) is 0 Å². The van der Waals surface area contributed by atoms with Crippen LogP contribution in [-0.2, 0) is 10.0 Å². The highest BCUT2D eigenvalue weighted by atomic mass is 32.2. The van der Waals surface area contributed by atoms with Gasteiger partial charge in [0.1, 0.15) is 5.82 Å². The van der Waals surface area contributed by atoms with Gasteiger partial charge >= 0.3 is 0 Å². The molecule has 0 saturated heterocycles. The summed E-state index contributed by atoms with van der Waals surface area (Å²) >= 11 is 0. The fourth-order valence-electron chi connectivity index (χ4n) is 2.62. The van der Waals surface area contributed by atoms with Gasteiger partial charge < -0.3 is 9.47 Å². The third-order valence-corrected chi connectivity index (χ3v) is 5.53. The van der Waals surface area contributed by atoms with Gasteiger partial charge in [-0.25, -0.2) is 17.5 Å². The molecule has 2 aromatic rings. The third-order valence-electron chi connectivity index (χ3n) is 3.83. The highest BCUT2D eigenvalue weighted by molar-refractivity contribution is 7.89. The van der Waals surface area contributed by atoms with E-state index in [0.717, 1.165) is 11.6 Å². The third kappa shape index (κ3) is 4.74. The van der Waals surface area contributed by atoms with Crippen molar-refractivity contribution in [3.8, 4) is 11.5 Å². The molecule has 0 aliphatic rings. The van der Waals surface area contributed by atoms with E-state index in [1.165, 1.54) is 12.1 Å². The maximum absolute atomic E-state index is 13.2. The Hall–Kier alpha value is -2.12. The van der Waals surface area contributed by atoms with Crippen molar-refractivity contribution in [1.29, 1.82) is 0 Å². The predicted octanol–water partition coefficient (Wildman–Crippen LogP) is 3.97. The first kappa shape index (κ1) is 20.2. The van der Waals surface area contributed by atoms with Gasteiger partial charge in [0, 0.05) is 6.04 Å². The van der Waals surface area contributed by atoms with E-state index >= 15 is 0 Å². The molecule has 0 radical (unpaired) electrons. The lowest BCUT2D eigenvalue weighted by molar-refractivity contribution is 0.287. The maximum atomic E-state index is 13.2. The largest absolute Gasteiger partial charge is 0.490 e. The van der Waals surface area contributed by atoms with Gasteiger partial charge in [0.25, 0.3) is 0 Å². The van der Waals surface area contributed by atoms with Gasteiger partial charge in [-0.2, -0.15) is 0 Å². The fraction of sp³-hybridized carbons (Fsp3) is 0.368. The Morgan fingerprint density at radius 1 is 1.04 bits per heavy atom. The molecule has 0 aromatic heterocycles. The SMILES string of the molecule is CCOc1ccc(C(C)NS(=O)(=O)c2ccc(F)cc2C)cc1OCC. The van der Waals surface area contributed by atoms with Crippen LogP contribution in [0.1, 0.15) is 37.9 Å². The summed E-state index contributed by atoms with van der Waals surface area (Å²) in [5.41, 5.74) is 1.09. The summed E-state index contributed by atoms with van der Waals surface area (Å²) in [6.45, 7) is 8.02. The summed E-state index contributed by atoms with van der Waals surface area (Å²) in [4.78, 5) is 0.0571. The van der Waals surface area contributed by atoms with Crippen LogP contribution < -0.4 is 14.2 Å². The zero-order valence-corrected chi connectivity index (χ0v) is 16.2. The number of hydrogen-bond donors (Lipinski definition) is 1. The normalized spacial score (nSPS) is 12.7. The molecule has 7 heteroatoms. The van der Waals surface area contributed by atoms with Crippen LogP contribution in [0.15, 0.2) is 41.3 Å². The number of aryl methyl sites for hydroxylation is 1. The standard InChI is InChI=1S/C19H24FNO4S/c1-5-24-17-9-7-15(12-18(17)25-6-2)14(4)21-26(22,23)19-10-8-16(20)11-13(19)3/h7-12,14,21H,5-6H2,1-4H3. The first-order valence-corrected chi connectivity index (χ1v) is 9.94. The lowest BCUT2D eigenvalue weighted by Crippen LogP contribution is -2.27. The monoisotopic (exact) mass is 381 g/mol. The number of halogens is 1. The van der Waals surface area contributed by atoms with E-state index in [-0.39, 0.29) is 4.90 Å². The Morgan fingerprint density at radius 2 is 1.69 bits per heavy atom. The molecule has 0 aliphatic heterocycles. The number of hydrogen-bond acceptors (Lipinski definition) is 4. The molecule has 0 spiro atoms. The first-order chi connectivity index (χ1) is 12.3.